The lowest BCUT2D eigenvalue weighted by atomic mass is 10.3. The lowest BCUT2D eigenvalue weighted by molar-refractivity contribution is -0.134. The van der Waals surface area contributed by atoms with Gasteiger partial charge >= 0.3 is 5.97 Å². The zero-order chi connectivity index (χ0) is 9.14. The lowest BCUT2D eigenvalue weighted by Crippen LogP contribution is -2.06. The van der Waals surface area contributed by atoms with Gasteiger partial charge in [-0.3, -0.25) is 4.79 Å². The van der Waals surface area contributed by atoms with Gasteiger partial charge in [0, 0.05) is 16.9 Å². The van der Waals surface area contributed by atoms with Crippen molar-refractivity contribution in [1.82, 2.24) is 0 Å². The van der Waals surface area contributed by atoms with Crippen LogP contribution in [0.5, 0.6) is 5.75 Å². The zero-order valence-corrected chi connectivity index (χ0v) is 8.33. The summed E-state index contributed by atoms with van der Waals surface area (Å²) in [6.07, 6.45) is 0.425. The van der Waals surface area contributed by atoms with Crippen molar-refractivity contribution in [3.05, 3.63) is 15.8 Å². The maximum absolute atomic E-state index is 11.0. The quantitative estimate of drug-likeness (QED) is 0.660. The summed E-state index contributed by atoms with van der Waals surface area (Å²) < 4.78 is 5.14. The van der Waals surface area contributed by atoms with Gasteiger partial charge in [0.25, 0.3) is 0 Å². The predicted octanol–water partition coefficient (Wildman–Crippen LogP) is 2.68. The van der Waals surface area contributed by atoms with Crippen molar-refractivity contribution in [2.24, 2.45) is 0 Å². The van der Waals surface area contributed by atoms with Crippen molar-refractivity contribution >= 4 is 17.3 Å². The standard InChI is InChI=1S/C9H12O2S/c1-4-8(10)11-9-6(2)5-12-7(9)3/h5H,4H2,1-3H3. The average molecular weight is 184 g/mol. The fraction of sp³-hybridized carbons (Fsp3) is 0.444. The van der Waals surface area contributed by atoms with Crippen LogP contribution in [0.2, 0.25) is 0 Å². The Balaban J connectivity index is 2.80. The molecule has 0 aliphatic rings. The Hall–Kier alpha value is -0.830. The van der Waals surface area contributed by atoms with Gasteiger partial charge in [0.05, 0.1) is 0 Å². The van der Waals surface area contributed by atoms with Gasteiger partial charge in [-0.1, -0.05) is 6.92 Å². The van der Waals surface area contributed by atoms with Crippen LogP contribution in [0.3, 0.4) is 0 Å². The van der Waals surface area contributed by atoms with Crippen LogP contribution in [0.4, 0.5) is 0 Å². The van der Waals surface area contributed by atoms with Gasteiger partial charge < -0.3 is 4.74 Å². The molecule has 0 fully saturated rings. The van der Waals surface area contributed by atoms with Gasteiger partial charge in [0.2, 0.25) is 0 Å². The van der Waals surface area contributed by atoms with Crippen LogP contribution >= 0.6 is 11.3 Å². The molecule has 0 atom stereocenters. The summed E-state index contributed by atoms with van der Waals surface area (Å²) in [5.41, 5.74) is 1.04. The second-order valence-electron chi connectivity index (χ2n) is 2.63. The van der Waals surface area contributed by atoms with Crippen LogP contribution < -0.4 is 4.74 Å². The third-order valence-electron chi connectivity index (χ3n) is 1.59. The van der Waals surface area contributed by atoms with Crippen molar-refractivity contribution in [3.63, 3.8) is 0 Å². The van der Waals surface area contributed by atoms with E-state index < -0.39 is 0 Å². The van der Waals surface area contributed by atoms with Crippen molar-refractivity contribution in [2.75, 3.05) is 0 Å². The van der Waals surface area contributed by atoms with Crippen LogP contribution in [0, 0.1) is 13.8 Å². The van der Waals surface area contributed by atoms with Crippen LogP contribution in [0.15, 0.2) is 5.38 Å². The van der Waals surface area contributed by atoms with Crippen LogP contribution in [0.1, 0.15) is 23.8 Å². The molecule has 0 aliphatic carbocycles. The summed E-state index contributed by atoms with van der Waals surface area (Å²) in [5, 5.41) is 1.99. The minimum Gasteiger partial charge on any atom is -0.425 e. The molecule has 2 nitrogen and oxygen atoms in total. The number of carbonyl (C=O) groups is 1. The summed E-state index contributed by atoms with van der Waals surface area (Å²) >= 11 is 1.61. The molecule has 3 heteroatoms. The topological polar surface area (TPSA) is 26.3 Å². The minimum atomic E-state index is -0.167. The Morgan fingerprint density at radius 1 is 1.58 bits per heavy atom. The summed E-state index contributed by atoms with van der Waals surface area (Å²) in [4.78, 5) is 12.0. The first-order valence-corrected chi connectivity index (χ1v) is 4.78. The number of hydrogen-bond donors (Lipinski definition) is 0. The maximum Gasteiger partial charge on any atom is 0.310 e. The van der Waals surface area contributed by atoms with Gasteiger partial charge in [-0.05, 0) is 19.2 Å². The van der Waals surface area contributed by atoms with E-state index in [1.807, 2.05) is 19.2 Å². The van der Waals surface area contributed by atoms with Gasteiger partial charge in [-0.2, -0.15) is 0 Å². The van der Waals surface area contributed by atoms with E-state index in [9.17, 15) is 4.79 Å². The molecule has 1 rings (SSSR count). The van der Waals surface area contributed by atoms with Gasteiger partial charge in [-0.25, -0.2) is 0 Å². The number of aryl methyl sites for hydroxylation is 2. The number of esters is 1. The molecule has 0 radical (unpaired) electrons. The summed E-state index contributed by atoms with van der Waals surface area (Å²) in [6, 6.07) is 0. The number of ether oxygens (including phenoxy) is 1. The molecule has 1 aromatic heterocycles. The Morgan fingerprint density at radius 2 is 2.25 bits per heavy atom. The van der Waals surface area contributed by atoms with E-state index in [-0.39, 0.29) is 5.97 Å². The molecule has 0 bridgehead atoms. The maximum atomic E-state index is 11.0. The minimum absolute atomic E-state index is 0.167. The van der Waals surface area contributed by atoms with E-state index >= 15 is 0 Å². The summed E-state index contributed by atoms with van der Waals surface area (Å²) in [5.74, 6) is 0.575. The molecule has 0 saturated carbocycles. The highest BCUT2D eigenvalue weighted by Crippen LogP contribution is 2.29. The molecule has 0 amide bonds. The molecule has 0 aliphatic heterocycles. The van der Waals surface area contributed by atoms with E-state index in [0.29, 0.717) is 6.42 Å². The molecule has 0 saturated heterocycles. The summed E-state index contributed by atoms with van der Waals surface area (Å²) in [7, 11) is 0. The molecule has 0 spiro atoms. The smallest absolute Gasteiger partial charge is 0.310 e. The Labute approximate surface area is 76.2 Å². The van der Waals surface area contributed by atoms with E-state index in [4.69, 9.17) is 4.74 Å². The molecular formula is C9H12O2S. The summed E-state index contributed by atoms with van der Waals surface area (Å²) in [6.45, 7) is 5.69. The van der Waals surface area contributed by atoms with Gasteiger partial charge in [-0.15, -0.1) is 11.3 Å². The van der Waals surface area contributed by atoms with E-state index in [0.717, 1.165) is 16.2 Å². The Kier molecular flexibility index (Phi) is 2.87. The molecular weight excluding hydrogens is 172 g/mol. The second kappa shape index (κ2) is 3.72. The average Bonchev–Trinajstić information content (AvgIpc) is 2.35. The first kappa shape index (κ1) is 9.26. The van der Waals surface area contributed by atoms with Crippen LogP contribution in [0.25, 0.3) is 0 Å². The molecule has 1 aromatic rings. The third kappa shape index (κ3) is 1.85. The predicted molar refractivity (Wildman–Crippen MR) is 49.7 cm³/mol. The highest BCUT2D eigenvalue weighted by atomic mass is 32.1. The lowest BCUT2D eigenvalue weighted by Gasteiger charge is -2.02. The molecule has 0 unspecified atom stereocenters. The SMILES string of the molecule is CCC(=O)Oc1c(C)csc1C. The van der Waals surface area contributed by atoms with Crippen molar-refractivity contribution in [3.8, 4) is 5.75 Å². The first-order valence-electron chi connectivity index (χ1n) is 3.90. The van der Waals surface area contributed by atoms with E-state index in [1.54, 1.807) is 18.3 Å². The van der Waals surface area contributed by atoms with Gasteiger partial charge in [0.15, 0.2) is 0 Å². The monoisotopic (exact) mass is 184 g/mol. The molecule has 0 aromatic carbocycles. The number of rotatable bonds is 2. The Bertz CT molecular complexity index is 269. The molecule has 66 valence electrons. The highest BCUT2D eigenvalue weighted by Gasteiger charge is 2.09. The highest BCUT2D eigenvalue weighted by molar-refractivity contribution is 7.10. The third-order valence-corrected chi connectivity index (χ3v) is 2.61. The van der Waals surface area contributed by atoms with Crippen LogP contribution in [-0.2, 0) is 4.79 Å². The fourth-order valence-corrected chi connectivity index (χ4v) is 1.67. The second-order valence-corrected chi connectivity index (χ2v) is 3.72. The zero-order valence-electron chi connectivity index (χ0n) is 7.51. The number of hydrogen-bond acceptors (Lipinski definition) is 3. The largest absolute Gasteiger partial charge is 0.425 e. The normalized spacial score (nSPS) is 9.92. The van der Waals surface area contributed by atoms with Crippen molar-refractivity contribution < 1.29 is 9.53 Å². The van der Waals surface area contributed by atoms with Gasteiger partial charge in [0.1, 0.15) is 5.75 Å². The fourth-order valence-electron chi connectivity index (χ4n) is 0.900. The number of carbonyl (C=O) groups excluding carboxylic acids is 1. The van der Waals surface area contributed by atoms with E-state index in [2.05, 4.69) is 0 Å². The van der Waals surface area contributed by atoms with Crippen molar-refractivity contribution in [2.45, 2.75) is 27.2 Å². The van der Waals surface area contributed by atoms with Crippen molar-refractivity contribution in [1.29, 1.82) is 0 Å². The first-order chi connectivity index (χ1) is 5.65. The number of thiophene rings is 1. The molecule has 0 N–H and O–H groups in total. The Morgan fingerprint density at radius 3 is 2.67 bits per heavy atom. The van der Waals surface area contributed by atoms with Crippen LogP contribution in [-0.4, -0.2) is 5.97 Å². The molecule has 1 heterocycles. The molecule has 12 heavy (non-hydrogen) atoms. The van der Waals surface area contributed by atoms with E-state index in [1.165, 1.54) is 0 Å².